The Morgan fingerprint density at radius 3 is 2.63 bits per heavy atom. The fraction of sp³-hybridized carbons (Fsp3) is 0.200. The van der Waals surface area contributed by atoms with E-state index in [1.165, 1.54) is 5.56 Å². The van der Waals surface area contributed by atoms with Crippen LogP contribution >= 0.6 is 11.6 Å². The fourth-order valence-corrected chi connectivity index (χ4v) is 3.40. The van der Waals surface area contributed by atoms with Crippen molar-refractivity contribution in [2.45, 2.75) is 10.9 Å². The Labute approximate surface area is 127 Å². The van der Waals surface area contributed by atoms with Gasteiger partial charge in [0.25, 0.3) is 0 Å². The Morgan fingerprint density at radius 2 is 1.95 bits per heavy atom. The molecule has 1 heterocycles. The molecule has 0 amide bonds. The van der Waals surface area contributed by atoms with E-state index in [1.807, 2.05) is 30.5 Å². The van der Waals surface area contributed by atoms with Gasteiger partial charge in [0.2, 0.25) is 0 Å². The van der Waals surface area contributed by atoms with Gasteiger partial charge in [-0.25, -0.2) is 0 Å². The molecule has 1 unspecified atom stereocenters. The first-order valence-corrected chi connectivity index (χ1v) is 8.45. The van der Waals surface area contributed by atoms with Gasteiger partial charge in [-0.3, -0.25) is 0 Å². The molecule has 0 fully saturated rings. The van der Waals surface area contributed by atoms with E-state index in [4.69, 9.17) is 11.6 Å². The van der Waals surface area contributed by atoms with E-state index in [9.17, 15) is 0 Å². The number of hydrogen-bond acceptors (Lipinski definition) is 2. The van der Waals surface area contributed by atoms with E-state index in [-0.39, 0.29) is 4.51 Å². The molecule has 0 saturated carbocycles. The molecule has 0 radical (unpaired) electrons. The molecule has 0 spiro atoms. The Hall–Kier alpha value is -1.01. The summed E-state index contributed by atoms with van der Waals surface area (Å²) in [6, 6.07) is 16.2. The van der Waals surface area contributed by atoms with E-state index in [0.29, 0.717) is 22.3 Å². The fourth-order valence-electron chi connectivity index (χ4n) is 1.59. The van der Waals surface area contributed by atoms with Crippen LogP contribution in [0, 0.1) is 0 Å². The molecule has 0 saturated heterocycles. The second-order valence-corrected chi connectivity index (χ2v) is 6.92. The van der Waals surface area contributed by atoms with Gasteiger partial charge in [-0.2, -0.15) is 0 Å². The minimum absolute atomic E-state index is 0.260. The van der Waals surface area contributed by atoms with Gasteiger partial charge in [0, 0.05) is 0 Å². The summed E-state index contributed by atoms with van der Waals surface area (Å²) in [5, 5.41) is 0. The van der Waals surface area contributed by atoms with Gasteiger partial charge < -0.3 is 0 Å². The van der Waals surface area contributed by atoms with Gasteiger partial charge in [0.05, 0.1) is 0 Å². The molecular weight excluding hydrogens is 350 g/mol. The maximum atomic E-state index is 5.88. The first kappa shape index (κ1) is 14.4. The summed E-state index contributed by atoms with van der Waals surface area (Å²) in [5.41, 5.74) is 2.19. The van der Waals surface area contributed by atoms with Crippen molar-refractivity contribution in [2.24, 2.45) is 4.99 Å². The van der Waals surface area contributed by atoms with E-state index >= 15 is 0 Å². The third-order valence-corrected chi connectivity index (χ3v) is 4.58. The first-order valence-electron chi connectivity index (χ1n) is 5.92. The summed E-state index contributed by atoms with van der Waals surface area (Å²) in [5.74, 6) is 0. The van der Waals surface area contributed by atoms with Crippen LogP contribution in [0.3, 0.4) is 0 Å². The maximum absolute atomic E-state index is 5.88. The Balaban J connectivity index is 2.02. The monoisotopic (exact) mass is 364 g/mol. The van der Waals surface area contributed by atoms with Crippen LogP contribution in [0.2, 0.25) is 0 Å². The van der Waals surface area contributed by atoms with Gasteiger partial charge >= 0.3 is 127 Å². The van der Waals surface area contributed by atoms with E-state index in [0.717, 1.165) is 12.1 Å². The Bertz CT molecular complexity index is 502. The number of alkyl halides is 1. The number of pyridine rings is 1. The van der Waals surface area contributed by atoms with Crippen LogP contribution in [0.5, 0.6) is 0 Å². The third-order valence-electron chi connectivity index (χ3n) is 2.48. The van der Waals surface area contributed by atoms with Gasteiger partial charge in [-0.15, -0.1) is 0 Å². The van der Waals surface area contributed by atoms with Crippen molar-refractivity contribution < 1.29 is 18.0 Å². The second kappa shape index (κ2) is 8.22. The van der Waals surface area contributed by atoms with E-state index in [1.54, 1.807) is 6.20 Å². The van der Waals surface area contributed by atoms with E-state index in [2.05, 4.69) is 34.2 Å². The summed E-state index contributed by atoms with van der Waals surface area (Å²) < 4.78 is 0.932. The van der Waals surface area contributed by atoms with Gasteiger partial charge in [0.15, 0.2) is 0 Å². The average molecular weight is 365 g/mol. The zero-order valence-electron chi connectivity index (χ0n) is 10.4. The molecule has 2 aromatic rings. The molecule has 0 aliphatic rings. The molecule has 0 bridgehead atoms. The predicted octanol–water partition coefficient (Wildman–Crippen LogP) is 3.35. The predicted molar refractivity (Wildman–Crippen MR) is 76.5 cm³/mol. The minimum atomic E-state index is 0.260. The van der Waals surface area contributed by atoms with E-state index < -0.39 is 0 Å². The summed E-state index contributed by atoms with van der Waals surface area (Å²) in [4.78, 5) is 8.87. The molecule has 0 aliphatic heterocycles. The molecule has 2 rings (SSSR count). The summed E-state index contributed by atoms with van der Waals surface area (Å²) >= 11 is 6.30. The molecular formula is C15H15ClN2Pd. The Kier molecular flexibility index (Phi) is 6.23. The van der Waals surface area contributed by atoms with Crippen molar-refractivity contribution in [3.05, 3.63) is 66.0 Å². The van der Waals surface area contributed by atoms with Crippen LogP contribution in [0.25, 0.3) is 0 Å². The quantitative estimate of drug-likeness (QED) is 0.438. The number of halogens is 1. The summed E-state index contributed by atoms with van der Waals surface area (Å²) in [7, 11) is 0. The SMILES string of the molecule is Cl[CH2][Pd][CH](Cc1ccccc1)N=Cc1ccccn1. The molecule has 102 valence electrons. The summed E-state index contributed by atoms with van der Waals surface area (Å²) in [6.07, 6.45) is 4.56. The van der Waals surface area contributed by atoms with Crippen molar-refractivity contribution in [1.82, 2.24) is 4.98 Å². The zero-order chi connectivity index (χ0) is 13.3. The van der Waals surface area contributed by atoms with Crippen molar-refractivity contribution in [3.63, 3.8) is 0 Å². The van der Waals surface area contributed by atoms with Crippen LogP contribution < -0.4 is 0 Å². The number of aromatic nitrogens is 1. The molecule has 1 aromatic heterocycles. The summed E-state index contributed by atoms with van der Waals surface area (Å²) in [6.45, 7) is 0. The second-order valence-electron chi connectivity index (χ2n) is 3.83. The molecule has 1 aromatic carbocycles. The van der Waals surface area contributed by atoms with Gasteiger partial charge in [0.1, 0.15) is 0 Å². The van der Waals surface area contributed by atoms with Crippen molar-refractivity contribution in [2.75, 3.05) is 4.35 Å². The van der Waals surface area contributed by atoms with Crippen LogP contribution in [0.1, 0.15) is 11.3 Å². The van der Waals surface area contributed by atoms with Crippen molar-refractivity contribution >= 4 is 17.8 Å². The number of benzene rings is 1. The topological polar surface area (TPSA) is 25.2 Å². The van der Waals surface area contributed by atoms with Crippen molar-refractivity contribution in [1.29, 1.82) is 0 Å². The third kappa shape index (κ3) is 5.24. The van der Waals surface area contributed by atoms with Crippen LogP contribution in [-0.2, 0) is 24.4 Å². The standard InChI is InChI=1S/C14H13N2.CH2Cl.Pd/c1-2-6-13(7-3-1)9-11-15-12-14-8-4-5-10-16-14;1-2;/h1-8,10-12H,9H2;1H2;. The molecule has 2 nitrogen and oxygen atoms in total. The first-order chi connectivity index (χ1) is 9.38. The van der Waals surface area contributed by atoms with Gasteiger partial charge in [-0.1, -0.05) is 0 Å². The zero-order valence-corrected chi connectivity index (χ0v) is 12.7. The normalized spacial score (nSPS) is 12.9. The number of aliphatic imine (C=N–C) groups is 1. The number of hydrogen-bond donors (Lipinski definition) is 0. The number of nitrogens with zero attached hydrogens (tertiary/aromatic N) is 2. The van der Waals surface area contributed by atoms with Crippen LogP contribution in [0.15, 0.2) is 59.7 Å². The van der Waals surface area contributed by atoms with Crippen molar-refractivity contribution in [3.8, 4) is 0 Å². The van der Waals surface area contributed by atoms with Crippen LogP contribution in [0.4, 0.5) is 0 Å². The molecule has 1 atom stereocenters. The molecule has 0 aliphatic carbocycles. The molecule has 19 heavy (non-hydrogen) atoms. The Morgan fingerprint density at radius 1 is 1.16 bits per heavy atom. The molecule has 0 N–H and O–H groups in total. The van der Waals surface area contributed by atoms with Crippen LogP contribution in [-0.4, -0.2) is 20.1 Å². The number of rotatable bonds is 6. The molecule has 4 heteroatoms. The average Bonchev–Trinajstić information content (AvgIpc) is 2.47. The van der Waals surface area contributed by atoms with Gasteiger partial charge in [-0.05, 0) is 0 Å².